The van der Waals surface area contributed by atoms with Gasteiger partial charge in [0, 0.05) is 13.1 Å². The van der Waals surface area contributed by atoms with Gasteiger partial charge in [-0.15, -0.1) is 0 Å². The molecular weight excluding hydrogens is 266 g/mol. The Morgan fingerprint density at radius 2 is 2.24 bits per heavy atom. The summed E-state index contributed by atoms with van der Waals surface area (Å²) in [7, 11) is 0. The average Bonchev–Trinajstić information content (AvgIpc) is 2.52. The Morgan fingerprint density at radius 3 is 3.10 bits per heavy atom. The predicted octanol–water partition coefficient (Wildman–Crippen LogP) is 2.27. The van der Waals surface area contributed by atoms with Gasteiger partial charge in [-0.3, -0.25) is 4.79 Å². The summed E-state index contributed by atoms with van der Waals surface area (Å²) in [6.45, 7) is 3.87. The molecule has 0 radical (unpaired) electrons. The minimum absolute atomic E-state index is 0.0317. The highest BCUT2D eigenvalue weighted by molar-refractivity contribution is 5.84. The number of benzene rings is 1. The number of para-hydroxylation sites is 1. The quantitative estimate of drug-likeness (QED) is 0.868. The van der Waals surface area contributed by atoms with E-state index in [2.05, 4.69) is 16.9 Å². The number of likely N-dealkylation sites (tertiary alicyclic amines) is 1. The largest absolute Gasteiger partial charge is 0.467 e. The van der Waals surface area contributed by atoms with E-state index in [1.165, 1.54) is 12.7 Å². The van der Waals surface area contributed by atoms with Gasteiger partial charge in [-0.25, -0.2) is 9.97 Å². The van der Waals surface area contributed by atoms with Crippen LogP contribution in [0.15, 0.2) is 30.6 Å². The van der Waals surface area contributed by atoms with E-state index in [9.17, 15) is 4.79 Å². The molecule has 1 aromatic heterocycles. The minimum Gasteiger partial charge on any atom is -0.467 e. The number of hydrogen-bond donors (Lipinski definition) is 0. The van der Waals surface area contributed by atoms with Crippen molar-refractivity contribution in [1.82, 2.24) is 14.9 Å². The van der Waals surface area contributed by atoms with Gasteiger partial charge in [0.25, 0.3) is 5.91 Å². The maximum Gasteiger partial charge on any atom is 0.260 e. The summed E-state index contributed by atoms with van der Waals surface area (Å²) in [5, 5.41) is 0.833. The minimum atomic E-state index is 0.0317. The van der Waals surface area contributed by atoms with Gasteiger partial charge in [0.05, 0.1) is 10.9 Å². The van der Waals surface area contributed by atoms with E-state index in [0.29, 0.717) is 11.8 Å². The summed E-state index contributed by atoms with van der Waals surface area (Å²) in [4.78, 5) is 22.4. The summed E-state index contributed by atoms with van der Waals surface area (Å²) in [5.74, 6) is 1.07. The number of piperidine rings is 1. The summed E-state index contributed by atoms with van der Waals surface area (Å²) in [5.41, 5.74) is 0.821. The monoisotopic (exact) mass is 285 g/mol. The molecule has 1 amide bonds. The van der Waals surface area contributed by atoms with Crippen LogP contribution in [-0.2, 0) is 4.79 Å². The molecule has 2 heterocycles. The van der Waals surface area contributed by atoms with Crippen molar-refractivity contribution >= 4 is 16.8 Å². The number of hydrogen-bond acceptors (Lipinski definition) is 4. The van der Waals surface area contributed by atoms with Crippen molar-refractivity contribution in [3.63, 3.8) is 0 Å². The molecule has 1 saturated heterocycles. The molecule has 0 unspecified atom stereocenters. The van der Waals surface area contributed by atoms with Gasteiger partial charge in [-0.05, 0) is 30.9 Å². The lowest BCUT2D eigenvalue weighted by Crippen LogP contribution is -2.41. The Hall–Kier alpha value is -2.17. The molecule has 1 fully saturated rings. The van der Waals surface area contributed by atoms with Gasteiger partial charge in [-0.2, -0.15) is 0 Å². The Morgan fingerprint density at radius 1 is 1.38 bits per heavy atom. The molecule has 21 heavy (non-hydrogen) atoms. The standard InChI is InChI=1S/C16H19N3O2/c1-12-5-4-8-19(9-12)15(20)10-21-16-13-6-2-3-7-14(13)17-11-18-16/h2-3,6-7,11-12H,4-5,8-10H2,1H3/t12-/m0/s1. The summed E-state index contributed by atoms with van der Waals surface area (Å²) in [6.07, 6.45) is 3.73. The number of fused-ring (bicyclic) bond motifs is 1. The van der Waals surface area contributed by atoms with Crippen LogP contribution in [0.3, 0.4) is 0 Å². The van der Waals surface area contributed by atoms with Crippen LogP contribution in [0.25, 0.3) is 10.9 Å². The van der Waals surface area contributed by atoms with Gasteiger partial charge >= 0.3 is 0 Å². The molecule has 0 N–H and O–H groups in total. The number of carbonyl (C=O) groups is 1. The first kappa shape index (κ1) is 13.8. The topological polar surface area (TPSA) is 55.3 Å². The Balaban J connectivity index is 1.67. The van der Waals surface area contributed by atoms with E-state index >= 15 is 0 Å². The van der Waals surface area contributed by atoms with Crippen LogP contribution in [0, 0.1) is 5.92 Å². The third-order valence-electron chi connectivity index (χ3n) is 3.85. The van der Waals surface area contributed by atoms with Gasteiger partial charge in [-0.1, -0.05) is 19.1 Å². The van der Waals surface area contributed by atoms with E-state index < -0.39 is 0 Å². The number of aromatic nitrogens is 2. The molecule has 3 rings (SSSR count). The third-order valence-corrected chi connectivity index (χ3v) is 3.85. The first-order valence-corrected chi connectivity index (χ1v) is 7.34. The number of carbonyl (C=O) groups excluding carboxylic acids is 1. The molecule has 0 saturated carbocycles. The fourth-order valence-corrected chi connectivity index (χ4v) is 2.73. The van der Waals surface area contributed by atoms with Crippen LogP contribution in [0.1, 0.15) is 19.8 Å². The van der Waals surface area contributed by atoms with E-state index in [1.807, 2.05) is 29.2 Å². The maximum atomic E-state index is 12.2. The lowest BCUT2D eigenvalue weighted by molar-refractivity contribution is -0.135. The zero-order valence-corrected chi connectivity index (χ0v) is 12.2. The molecule has 1 atom stereocenters. The van der Waals surface area contributed by atoms with E-state index in [4.69, 9.17) is 4.74 Å². The van der Waals surface area contributed by atoms with E-state index in [-0.39, 0.29) is 12.5 Å². The van der Waals surface area contributed by atoms with Gasteiger partial charge in [0.1, 0.15) is 6.33 Å². The highest BCUT2D eigenvalue weighted by Crippen LogP contribution is 2.21. The van der Waals surface area contributed by atoms with Crippen LogP contribution in [-0.4, -0.2) is 40.5 Å². The first-order valence-electron chi connectivity index (χ1n) is 7.34. The molecular formula is C16H19N3O2. The SMILES string of the molecule is C[C@H]1CCCN(C(=O)COc2ncnc3ccccc23)C1. The van der Waals surface area contributed by atoms with Crippen molar-refractivity contribution in [3.8, 4) is 5.88 Å². The van der Waals surface area contributed by atoms with Crippen molar-refractivity contribution in [3.05, 3.63) is 30.6 Å². The molecule has 1 aromatic carbocycles. The van der Waals surface area contributed by atoms with E-state index in [0.717, 1.165) is 30.4 Å². The molecule has 2 aromatic rings. The third kappa shape index (κ3) is 3.12. The second kappa shape index (κ2) is 6.08. The van der Waals surface area contributed by atoms with Gasteiger partial charge in [0.15, 0.2) is 6.61 Å². The number of nitrogens with zero attached hydrogens (tertiary/aromatic N) is 3. The van der Waals surface area contributed by atoms with E-state index in [1.54, 1.807) is 0 Å². The molecule has 5 nitrogen and oxygen atoms in total. The normalized spacial score (nSPS) is 18.7. The van der Waals surface area contributed by atoms with Crippen LogP contribution in [0.2, 0.25) is 0 Å². The Labute approximate surface area is 124 Å². The maximum absolute atomic E-state index is 12.2. The molecule has 5 heteroatoms. The molecule has 0 aliphatic carbocycles. The van der Waals surface area contributed by atoms with Crippen molar-refractivity contribution in [1.29, 1.82) is 0 Å². The highest BCUT2D eigenvalue weighted by atomic mass is 16.5. The number of rotatable bonds is 3. The highest BCUT2D eigenvalue weighted by Gasteiger charge is 2.21. The smallest absolute Gasteiger partial charge is 0.260 e. The Bertz CT molecular complexity index is 639. The molecule has 0 bridgehead atoms. The summed E-state index contributed by atoms with van der Waals surface area (Å²) < 4.78 is 5.63. The zero-order valence-electron chi connectivity index (χ0n) is 12.2. The van der Waals surface area contributed by atoms with Crippen LogP contribution in [0.4, 0.5) is 0 Å². The predicted molar refractivity (Wildman–Crippen MR) is 80.0 cm³/mol. The fourth-order valence-electron chi connectivity index (χ4n) is 2.73. The summed E-state index contributed by atoms with van der Waals surface area (Å²) >= 11 is 0. The lowest BCUT2D eigenvalue weighted by atomic mass is 10.0. The van der Waals surface area contributed by atoms with Crippen molar-refractivity contribution in [2.45, 2.75) is 19.8 Å². The first-order chi connectivity index (χ1) is 10.2. The molecule has 110 valence electrons. The van der Waals surface area contributed by atoms with Crippen molar-refractivity contribution in [2.24, 2.45) is 5.92 Å². The average molecular weight is 285 g/mol. The molecule has 1 aliphatic rings. The van der Waals surface area contributed by atoms with Crippen molar-refractivity contribution in [2.75, 3.05) is 19.7 Å². The Kier molecular flexibility index (Phi) is 3.99. The summed E-state index contributed by atoms with van der Waals surface area (Å²) in [6, 6.07) is 7.63. The van der Waals surface area contributed by atoms with Crippen LogP contribution >= 0.6 is 0 Å². The number of ether oxygens (including phenoxy) is 1. The second-order valence-electron chi connectivity index (χ2n) is 5.57. The molecule has 0 spiro atoms. The van der Waals surface area contributed by atoms with Gasteiger partial charge in [0.2, 0.25) is 5.88 Å². The number of amides is 1. The van der Waals surface area contributed by atoms with Crippen molar-refractivity contribution < 1.29 is 9.53 Å². The molecule has 1 aliphatic heterocycles. The fraction of sp³-hybridized carbons (Fsp3) is 0.438. The second-order valence-corrected chi connectivity index (χ2v) is 5.57. The zero-order chi connectivity index (χ0) is 14.7. The van der Waals surface area contributed by atoms with Crippen LogP contribution < -0.4 is 4.74 Å². The van der Waals surface area contributed by atoms with Gasteiger partial charge < -0.3 is 9.64 Å². The lowest BCUT2D eigenvalue weighted by Gasteiger charge is -2.30. The van der Waals surface area contributed by atoms with Crippen LogP contribution in [0.5, 0.6) is 5.88 Å².